The zero-order valence-corrected chi connectivity index (χ0v) is 9.77. The topological polar surface area (TPSA) is 17.1 Å². The molecule has 0 saturated heterocycles. The van der Waals surface area contributed by atoms with E-state index in [0.717, 1.165) is 25.7 Å². The molecule has 1 rings (SSSR count). The van der Waals surface area contributed by atoms with Crippen LogP contribution in [0.4, 0.5) is 0 Å². The molecule has 1 unspecified atom stereocenters. The molecule has 0 saturated carbocycles. The van der Waals surface area contributed by atoms with Gasteiger partial charge in [0.05, 0.1) is 5.92 Å². The number of Topliss-reactive ketones (excluding diaryl/α,β-unsaturated/α-hetero) is 1. The van der Waals surface area contributed by atoms with Crippen LogP contribution in [0.2, 0.25) is 0 Å². The second kappa shape index (κ2) is 5.97. The number of hydrogen-bond acceptors (Lipinski definition) is 2. The van der Waals surface area contributed by atoms with Crippen LogP contribution >= 0.6 is 11.3 Å². The highest BCUT2D eigenvalue weighted by Gasteiger charge is 2.19. The highest BCUT2D eigenvalue weighted by Crippen LogP contribution is 2.27. The molecule has 0 fully saturated rings. The van der Waals surface area contributed by atoms with Crippen LogP contribution < -0.4 is 0 Å². The maximum absolute atomic E-state index is 11.8. The third kappa shape index (κ3) is 2.95. The van der Waals surface area contributed by atoms with E-state index in [-0.39, 0.29) is 5.92 Å². The van der Waals surface area contributed by atoms with Gasteiger partial charge < -0.3 is 0 Å². The third-order valence-electron chi connectivity index (χ3n) is 2.35. The second-order valence-electron chi connectivity index (χ2n) is 3.57. The Morgan fingerprint density at radius 2 is 2.21 bits per heavy atom. The van der Waals surface area contributed by atoms with E-state index in [1.807, 2.05) is 6.07 Å². The van der Waals surface area contributed by atoms with Gasteiger partial charge in [0, 0.05) is 11.3 Å². The summed E-state index contributed by atoms with van der Waals surface area (Å²) >= 11 is 1.70. The van der Waals surface area contributed by atoms with E-state index in [2.05, 4.69) is 25.3 Å². The summed E-state index contributed by atoms with van der Waals surface area (Å²) < 4.78 is 0. The first kappa shape index (κ1) is 11.4. The van der Waals surface area contributed by atoms with Gasteiger partial charge >= 0.3 is 0 Å². The van der Waals surface area contributed by atoms with E-state index >= 15 is 0 Å². The molecule has 78 valence electrons. The average molecular weight is 210 g/mol. The molecule has 0 aromatic carbocycles. The largest absolute Gasteiger partial charge is 0.299 e. The van der Waals surface area contributed by atoms with Gasteiger partial charge in [0.2, 0.25) is 0 Å². The average Bonchev–Trinajstić information content (AvgIpc) is 2.67. The van der Waals surface area contributed by atoms with Crippen LogP contribution in [0, 0.1) is 0 Å². The molecule has 1 aromatic heterocycles. The van der Waals surface area contributed by atoms with Crippen LogP contribution in [0.3, 0.4) is 0 Å². The normalized spacial score (nSPS) is 12.7. The molecule has 1 nitrogen and oxygen atoms in total. The number of carbonyl (C=O) groups is 1. The van der Waals surface area contributed by atoms with E-state index in [9.17, 15) is 4.79 Å². The molecule has 0 N–H and O–H groups in total. The van der Waals surface area contributed by atoms with E-state index in [1.54, 1.807) is 11.3 Å². The van der Waals surface area contributed by atoms with Gasteiger partial charge in [-0.05, 0) is 24.3 Å². The SMILES string of the molecule is CCCC(=O)C(CCC)c1cccs1. The van der Waals surface area contributed by atoms with Gasteiger partial charge in [-0.1, -0.05) is 26.3 Å². The molecular weight excluding hydrogens is 192 g/mol. The van der Waals surface area contributed by atoms with Crippen LogP contribution in [0.1, 0.15) is 50.3 Å². The van der Waals surface area contributed by atoms with E-state index in [0.29, 0.717) is 5.78 Å². The molecule has 0 spiro atoms. The van der Waals surface area contributed by atoms with Crippen molar-refractivity contribution < 1.29 is 4.79 Å². The summed E-state index contributed by atoms with van der Waals surface area (Å²) in [7, 11) is 0. The summed E-state index contributed by atoms with van der Waals surface area (Å²) in [6.45, 7) is 4.20. The van der Waals surface area contributed by atoms with Crippen molar-refractivity contribution in [3.63, 3.8) is 0 Å². The van der Waals surface area contributed by atoms with E-state index in [4.69, 9.17) is 0 Å². The Hall–Kier alpha value is -0.630. The summed E-state index contributed by atoms with van der Waals surface area (Å²) in [4.78, 5) is 13.1. The Kier molecular flexibility index (Phi) is 4.88. The van der Waals surface area contributed by atoms with Crippen molar-refractivity contribution in [3.05, 3.63) is 22.4 Å². The van der Waals surface area contributed by atoms with Crippen LogP contribution in [0.5, 0.6) is 0 Å². The summed E-state index contributed by atoms with van der Waals surface area (Å²) in [6.07, 6.45) is 3.77. The van der Waals surface area contributed by atoms with Crippen LogP contribution in [0.15, 0.2) is 17.5 Å². The molecule has 1 heterocycles. The predicted molar refractivity (Wildman–Crippen MR) is 61.9 cm³/mol. The zero-order chi connectivity index (χ0) is 10.4. The van der Waals surface area contributed by atoms with Gasteiger partial charge in [-0.25, -0.2) is 0 Å². The minimum Gasteiger partial charge on any atom is -0.299 e. The van der Waals surface area contributed by atoms with Gasteiger partial charge in [0.25, 0.3) is 0 Å². The van der Waals surface area contributed by atoms with Crippen molar-refractivity contribution in [1.29, 1.82) is 0 Å². The number of hydrogen-bond donors (Lipinski definition) is 0. The standard InChI is InChI=1S/C12H18OS/c1-3-6-10(11(13)7-4-2)12-8-5-9-14-12/h5,8-10H,3-4,6-7H2,1-2H3. The first-order valence-electron chi connectivity index (χ1n) is 5.35. The minimum absolute atomic E-state index is 0.167. The second-order valence-corrected chi connectivity index (χ2v) is 4.55. The van der Waals surface area contributed by atoms with Crippen molar-refractivity contribution >= 4 is 17.1 Å². The Labute approximate surface area is 90.2 Å². The maximum atomic E-state index is 11.8. The Morgan fingerprint density at radius 3 is 2.71 bits per heavy atom. The lowest BCUT2D eigenvalue weighted by molar-refractivity contribution is -0.120. The Morgan fingerprint density at radius 1 is 1.43 bits per heavy atom. The highest BCUT2D eigenvalue weighted by molar-refractivity contribution is 7.10. The van der Waals surface area contributed by atoms with Gasteiger partial charge in [-0.2, -0.15) is 0 Å². The maximum Gasteiger partial charge on any atom is 0.141 e. The summed E-state index contributed by atoms with van der Waals surface area (Å²) in [5.74, 6) is 0.580. The fraction of sp³-hybridized carbons (Fsp3) is 0.583. The summed E-state index contributed by atoms with van der Waals surface area (Å²) in [5.41, 5.74) is 0. The van der Waals surface area contributed by atoms with Gasteiger partial charge in [-0.3, -0.25) is 4.79 Å². The first-order valence-corrected chi connectivity index (χ1v) is 6.23. The quantitative estimate of drug-likeness (QED) is 0.693. The lowest BCUT2D eigenvalue weighted by atomic mass is 9.94. The summed E-state index contributed by atoms with van der Waals surface area (Å²) in [5, 5.41) is 2.05. The molecule has 0 aliphatic rings. The smallest absolute Gasteiger partial charge is 0.141 e. The number of thiophene rings is 1. The van der Waals surface area contributed by atoms with Crippen molar-refractivity contribution in [3.8, 4) is 0 Å². The lowest BCUT2D eigenvalue weighted by Gasteiger charge is -2.12. The molecule has 14 heavy (non-hydrogen) atoms. The Bertz CT molecular complexity index is 264. The number of rotatable bonds is 6. The molecule has 0 radical (unpaired) electrons. The number of ketones is 1. The molecule has 1 atom stereocenters. The van der Waals surface area contributed by atoms with Crippen LogP contribution in [-0.4, -0.2) is 5.78 Å². The predicted octanol–water partition coefficient (Wildman–Crippen LogP) is 4.00. The first-order chi connectivity index (χ1) is 6.79. The monoisotopic (exact) mass is 210 g/mol. The van der Waals surface area contributed by atoms with Gasteiger partial charge in [0.15, 0.2) is 0 Å². The molecule has 1 aromatic rings. The highest BCUT2D eigenvalue weighted by atomic mass is 32.1. The van der Waals surface area contributed by atoms with E-state index < -0.39 is 0 Å². The third-order valence-corrected chi connectivity index (χ3v) is 3.34. The van der Waals surface area contributed by atoms with E-state index in [1.165, 1.54) is 4.88 Å². The van der Waals surface area contributed by atoms with Crippen LogP contribution in [0.25, 0.3) is 0 Å². The Balaban J connectivity index is 2.69. The fourth-order valence-electron chi connectivity index (χ4n) is 1.66. The molecule has 0 aliphatic carbocycles. The lowest BCUT2D eigenvalue weighted by Crippen LogP contribution is -2.10. The number of carbonyl (C=O) groups excluding carboxylic acids is 1. The zero-order valence-electron chi connectivity index (χ0n) is 8.95. The molecule has 2 heteroatoms. The van der Waals surface area contributed by atoms with Crippen molar-refractivity contribution in [2.75, 3.05) is 0 Å². The molecular formula is C12H18OS. The van der Waals surface area contributed by atoms with Gasteiger partial charge in [0.1, 0.15) is 5.78 Å². The van der Waals surface area contributed by atoms with Crippen LogP contribution in [-0.2, 0) is 4.79 Å². The van der Waals surface area contributed by atoms with Gasteiger partial charge in [-0.15, -0.1) is 11.3 Å². The molecule has 0 amide bonds. The van der Waals surface area contributed by atoms with Crippen molar-refractivity contribution in [1.82, 2.24) is 0 Å². The molecule has 0 aliphatic heterocycles. The molecule has 0 bridgehead atoms. The summed E-state index contributed by atoms with van der Waals surface area (Å²) in [6, 6.07) is 4.11. The minimum atomic E-state index is 0.167. The fourth-order valence-corrected chi connectivity index (χ4v) is 2.55. The van der Waals surface area contributed by atoms with Crippen molar-refractivity contribution in [2.24, 2.45) is 0 Å². The van der Waals surface area contributed by atoms with Crippen molar-refractivity contribution in [2.45, 2.75) is 45.4 Å².